The number of nitrogens with zero attached hydrogens (tertiary/aromatic N) is 1. The first-order valence-electron chi connectivity index (χ1n) is 10.0. The Balaban J connectivity index is 1.25. The molecule has 0 unspecified atom stereocenters. The molecule has 1 heterocycles. The van der Waals surface area contributed by atoms with Crippen LogP contribution in [0.5, 0.6) is 0 Å². The van der Waals surface area contributed by atoms with Gasteiger partial charge in [0.1, 0.15) is 0 Å². The summed E-state index contributed by atoms with van der Waals surface area (Å²) in [4.78, 5) is 24.7. The van der Waals surface area contributed by atoms with Gasteiger partial charge < -0.3 is 9.88 Å². The van der Waals surface area contributed by atoms with E-state index in [1.165, 1.54) is 19.3 Å². The Morgan fingerprint density at radius 3 is 2.36 bits per heavy atom. The summed E-state index contributed by atoms with van der Waals surface area (Å²) in [5.74, 6) is 2.75. The topological polar surface area (TPSA) is 51.1 Å². The van der Waals surface area contributed by atoms with Gasteiger partial charge in [0.15, 0.2) is 0 Å². The van der Waals surface area contributed by atoms with Crippen LogP contribution < -0.4 is 10.9 Å². The van der Waals surface area contributed by atoms with E-state index in [2.05, 4.69) is 5.32 Å². The standard InChI is InChI=1S/C21H30N2O2/c1-15-5-4-6-19(24)23(15)8-3-2-7-22-20(25)21-12-16-9-17(13-21)11-18(10-16)14-21/h4-6,16-18H,2-3,7-14H2,1H3,(H,22,25). The van der Waals surface area contributed by atoms with Crippen LogP contribution in [-0.4, -0.2) is 17.0 Å². The number of carbonyl (C=O) groups excluding carboxylic acids is 1. The van der Waals surface area contributed by atoms with Crippen molar-refractivity contribution in [3.63, 3.8) is 0 Å². The molecule has 0 radical (unpaired) electrons. The molecule has 1 amide bonds. The van der Waals surface area contributed by atoms with Crippen molar-refractivity contribution in [3.05, 3.63) is 34.2 Å². The molecule has 4 bridgehead atoms. The Hall–Kier alpha value is -1.58. The maximum Gasteiger partial charge on any atom is 0.250 e. The van der Waals surface area contributed by atoms with Crippen LogP contribution in [0.4, 0.5) is 0 Å². The molecule has 136 valence electrons. The lowest BCUT2D eigenvalue weighted by Gasteiger charge is -2.55. The lowest BCUT2D eigenvalue weighted by Crippen LogP contribution is -2.53. The predicted molar refractivity (Wildman–Crippen MR) is 98.3 cm³/mol. The highest BCUT2D eigenvalue weighted by molar-refractivity contribution is 5.83. The van der Waals surface area contributed by atoms with E-state index in [-0.39, 0.29) is 11.0 Å². The summed E-state index contributed by atoms with van der Waals surface area (Å²) in [5, 5.41) is 3.23. The highest BCUT2D eigenvalue weighted by Crippen LogP contribution is 2.60. The fourth-order valence-corrected chi connectivity index (χ4v) is 6.08. The van der Waals surface area contributed by atoms with Gasteiger partial charge in [0.05, 0.1) is 0 Å². The zero-order valence-electron chi connectivity index (χ0n) is 15.3. The Labute approximate surface area is 150 Å². The van der Waals surface area contributed by atoms with E-state index in [0.717, 1.165) is 68.6 Å². The van der Waals surface area contributed by atoms with E-state index in [4.69, 9.17) is 0 Å². The number of unbranched alkanes of at least 4 members (excludes halogenated alkanes) is 1. The van der Waals surface area contributed by atoms with Crippen molar-refractivity contribution in [2.24, 2.45) is 23.2 Å². The SMILES string of the molecule is Cc1cccc(=O)n1CCCCNC(=O)C12CC3CC(CC(C3)C1)C2. The van der Waals surface area contributed by atoms with Crippen molar-refractivity contribution in [2.45, 2.75) is 64.8 Å². The highest BCUT2D eigenvalue weighted by atomic mass is 16.2. The number of nitrogens with one attached hydrogen (secondary N) is 1. The molecule has 1 aromatic rings. The normalized spacial score (nSPS) is 32.8. The fraction of sp³-hybridized carbons (Fsp3) is 0.714. The van der Waals surface area contributed by atoms with Crippen LogP contribution in [0.1, 0.15) is 57.1 Å². The number of amides is 1. The maximum atomic E-state index is 12.9. The highest BCUT2D eigenvalue weighted by Gasteiger charge is 2.54. The van der Waals surface area contributed by atoms with Crippen LogP contribution >= 0.6 is 0 Å². The Bertz CT molecular complexity index is 671. The molecule has 1 N–H and O–H groups in total. The smallest absolute Gasteiger partial charge is 0.250 e. The number of aryl methyl sites for hydroxylation is 1. The largest absolute Gasteiger partial charge is 0.356 e. The van der Waals surface area contributed by atoms with Crippen molar-refractivity contribution in [1.29, 1.82) is 0 Å². The molecular weight excluding hydrogens is 312 g/mol. The molecule has 4 aliphatic rings. The van der Waals surface area contributed by atoms with Gasteiger partial charge >= 0.3 is 0 Å². The molecule has 0 saturated heterocycles. The third kappa shape index (κ3) is 3.28. The van der Waals surface area contributed by atoms with Crippen molar-refractivity contribution in [3.8, 4) is 0 Å². The lowest BCUT2D eigenvalue weighted by atomic mass is 9.49. The van der Waals surface area contributed by atoms with Gasteiger partial charge in [-0.05, 0) is 82.1 Å². The number of aromatic nitrogens is 1. The third-order valence-corrected chi connectivity index (χ3v) is 6.88. The zero-order valence-corrected chi connectivity index (χ0v) is 15.3. The average molecular weight is 342 g/mol. The van der Waals surface area contributed by atoms with Gasteiger partial charge in [-0.1, -0.05) is 6.07 Å². The number of hydrogen-bond acceptors (Lipinski definition) is 2. The van der Waals surface area contributed by atoms with Gasteiger partial charge in [-0.25, -0.2) is 0 Å². The average Bonchev–Trinajstić information content (AvgIpc) is 2.55. The number of pyridine rings is 1. The van der Waals surface area contributed by atoms with E-state index in [0.29, 0.717) is 5.91 Å². The minimum atomic E-state index is -0.0400. The van der Waals surface area contributed by atoms with Gasteiger partial charge in [0.25, 0.3) is 5.56 Å². The summed E-state index contributed by atoms with van der Waals surface area (Å²) in [6.07, 6.45) is 9.36. The zero-order chi connectivity index (χ0) is 17.4. The van der Waals surface area contributed by atoms with Crippen molar-refractivity contribution >= 4 is 5.91 Å². The van der Waals surface area contributed by atoms with Gasteiger partial charge in [-0.3, -0.25) is 9.59 Å². The first kappa shape index (κ1) is 16.9. The van der Waals surface area contributed by atoms with Crippen LogP contribution in [0.3, 0.4) is 0 Å². The molecule has 1 aromatic heterocycles. The van der Waals surface area contributed by atoms with E-state index < -0.39 is 0 Å². The molecular formula is C21H30N2O2. The Kier molecular flexibility index (Phi) is 4.47. The predicted octanol–water partition coefficient (Wildman–Crippen LogP) is 3.27. The number of hydrogen-bond donors (Lipinski definition) is 1. The molecule has 4 nitrogen and oxygen atoms in total. The molecule has 4 aliphatic carbocycles. The van der Waals surface area contributed by atoms with Gasteiger partial charge in [-0.15, -0.1) is 0 Å². The van der Waals surface area contributed by atoms with Gasteiger partial charge in [0, 0.05) is 30.3 Å². The third-order valence-electron chi connectivity index (χ3n) is 6.88. The summed E-state index contributed by atoms with van der Waals surface area (Å²) >= 11 is 0. The summed E-state index contributed by atoms with van der Waals surface area (Å²) in [6, 6.07) is 5.39. The minimum Gasteiger partial charge on any atom is -0.356 e. The van der Waals surface area contributed by atoms with E-state index in [1.807, 2.05) is 17.6 Å². The van der Waals surface area contributed by atoms with Crippen molar-refractivity contribution in [2.75, 3.05) is 6.54 Å². The van der Waals surface area contributed by atoms with Crippen LogP contribution in [-0.2, 0) is 11.3 Å². The first-order chi connectivity index (χ1) is 12.1. The number of carbonyl (C=O) groups is 1. The Morgan fingerprint density at radius 2 is 1.76 bits per heavy atom. The number of rotatable bonds is 6. The summed E-state index contributed by atoms with van der Waals surface area (Å²) in [5.41, 5.74) is 1.03. The van der Waals surface area contributed by atoms with Crippen LogP contribution in [0, 0.1) is 30.1 Å². The van der Waals surface area contributed by atoms with E-state index in [1.54, 1.807) is 12.1 Å². The molecule has 4 saturated carbocycles. The molecule has 0 aliphatic heterocycles. The molecule has 25 heavy (non-hydrogen) atoms. The Morgan fingerprint density at radius 1 is 1.12 bits per heavy atom. The van der Waals surface area contributed by atoms with Crippen LogP contribution in [0.2, 0.25) is 0 Å². The maximum absolute atomic E-state index is 12.9. The van der Waals surface area contributed by atoms with Crippen LogP contribution in [0.15, 0.2) is 23.0 Å². The van der Waals surface area contributed by atoms with Gasteiger partial charge in [-0.2, -0.15) is 0 Å². The summed E-state index contributed by atoms with van der Waals surface area (Å²) < 4.78 is 1.82. The van der Waals surface area contributed by atoms with Crippen molar-refractivity contribution < 1.29 is 4.79 Å². The molecule has 0 atom stereocenters. The molecule has 0 aromatic carbocycles. The van der Waals surface area contributed by atoms with Gasteiger partial charge in [0.2, 0.25) is 5.91 Å². The molecule has 5 rings (SSSR count). The molecule has 4 fully saturated rings. The quantitative estimate of drug-likeness (QED) is 0.807. The second-order valence-corrected chi connectivity index (χ2v) is 8.82. The lowest BCUT2D eigenvalue weighted by molar-refractivity contribution is -0.146. The summed E-state index contributed by atoms with van der Waals surface area (Å²) in [7, 11) is 0. The fourth-order valence-electron chi connectivity index (χ4n) is 6.08. The van der Waals surface area contributed by atoms with E-state index >= 15 is 0 Å². The monoisotopic (exact) mass is 342 g/mol. The first-order valence-corrected chi connectivity index (χ1v) is 10.0. The second-order valence-electron chi connectivity index (χ2n) is 8.82. The van der Waals surface area contributed by atoms with Crippen molar-refractivity contribution in [1.82, 2.24) is 9.88 Å². The minimum absolute atomic E-state index is 0.0400. The second kappa shape index (κ2) is 6.62. The molecule has 0 spiro atoms. The molecule has 4 heteroatoms. The summed E-state index contributed by atoms with van der Waals surface area (Å²) in [6.45, 7) is 3.44. The van der Waals surface area contributed by atoms with E-state index in [9.17, 15) is 9.59 Å². The van der Waals surface area contributed by atoms with Crippen LogP contribution in [0.25, 0.3) is 0 Å².